The third-order valence-corrected chi connectivity index (χ3v) is 3.60. The van der Waals surface area contributed by atoms with Crippen LogP contribution in [0.2, 0.25) is 0 Å². The molecule has 0 saturated carbocycles. The Morgan fingerprint density at radius 2 is 1.89 bits per heavy atom. The number of hydrogen-bond donors (Lipinski definition) is 2. The molecule has 0 unspecified atom stereocenters. The maximum absolute atomic E-state index is 5.29. The molecular weight excluding hydrogens is 272 g/mol. The van der Waals surface area contributed by atoms with E-state index in [2.05, 4.69) is 41.2 Å². The minimum Gasteiger partial charge on any atom is -0.358 e. The topological polar surface area (TPSA) is 24.1 Å². The van der Waals surface area contributed by atoms with Crippen LogP contribution in [0.4, 0.5) is 5.69 Å². The molecule has 0 spiro atoms. The van der Waals surface area contributed by atoms with Gasteiger partial charge in [-0.3, -0.25) is 0 Å². The summed E-state index contributed by atoms with van der Waals surface area (Å²) in [4.78, 5) is 1.22. The lowest BCUT2D eigenvalue weighted by Crippen LogP contribution is -2.27. The highest BCUT2D eigenvalue weighted by Gasteiger charge is 1.99. The molecular formula is C15H16N2S2. The van der Waals surface area contributed by atoms with Crippen LogP contribution in [0, 0.1) is 0 Å². The smallest absolute Gasteiger partial charge is 0.171 e. The summed E-state index contributed by atoms with van der Waals surface area (Å²) in [5.41, 5.74) is 2.22. The van der Waals surface area contributed by atoms with Gasteiger partial charge in [-0.2, -0.15) is 0 Å². The summed E-state index contributed by atoms with van der Waals surface area (Å²) in [6.07, 6.45) is 2.06. The maximum Gasteiger partial charge on any atom is 0.171 e. The van der Waals surface area contributed by atoms with Gasteiger partial charge in [0.05, 0.1) is 0 Å². The fourth-order valence-corrected chi connectivity index (χ4v) is 2.30. The van der Waals surface area contributed by atoms with Gasteiger partial charge in [-0.1, -0.05) is 36.4 Å². The van der Waals surface area contributed by atoms with Gasteiger partial charge >= 0.3 is 0 Å². The second-order valence-electron chi connectivity index (χ2n) is 4.03. The van der Waals surface area contributed by atoms with Crippen molar-refractivity contribution in [2.75, 3.05) is 11.6 Å². The number of thioether (sulfide) groups is 1. The van der Waals surface area contributed by atoms with E-state index in [0.717, 1.165) is 12.2 Å². The van der Waals surface area contributed by atoms with E-state index < -0.39 is 0 Å². The van der Waals surface area contributed by atoms with Crippen LogP contribution in [0.5, 0.6) is 0 Å². The Morgan fingerprint density at radius 1 is 1.11 bits per heavy atom. The molecule has 2 nitrogen and oxygen atoms in total. The highest BCUT2D eigenvalue weighted by Crippen LogP contribution is 2.18. The van der Waals surface area contributed by atoms with Crippen molar-refractivity contribution >= 4 is 34.8 Å². The first-order valence-corrected chi connectivity index (χ1v) is 7.64. The molecule has 0 bridgehead atoms. The van der Waals surface area contributed by atoms with Crippen LogP contribution in [-0.2, 0) is 6.54 Å². The molecule has 2 aromatic carbocycles. The Labute approximate surface area is 123 Å². The summed E-state index contributed by atoms with van der Waals surface area (Å²) in [5.74, 6) is 0. The van der Waals surface area contributed by atoms with Gasteiger partial charge in [0.15, 0.2) is 5.11 Å². The van der Waals surface area contributed by atoms with Gasteiger partial charge in [0, 0.05) is 17.1 Å². The van der Waals surface area contributed by atoms with E-state index in [1.807, 2.05) is 30.3 Å². The monoisotopic (exact) mass is 288 g/mol. The van der Waals surface area contributed by atoms with Crippen molar-refractivity contribution in [1.29, 1.82) is 0 Å². The molecule has 2 N–H and O–H groups in total. The lowest BCUT2D eigenvalue weighted by Gasteiger charge is -2.11. The Bertz CT molecular complexity index is 541. The zero-order valence-electron chi connectivity index (χ0n) is 10.7. The Morgan fingerprint density at radius 3 is 2.63 bits per heavy atom. The normalized spacial score (nSPS) is 9.95. The minimum absolute atomic E-state index is 0.641. The summed E-state index contributed by atoms with van der Waals surface area (Å²) in [7, 11) is 0. The fourth-order valence-electron chi connectivity index (χ4n) is 1.65. The second kappa shape index (κ2) is 7.16. The molecule has 2 rings (SSSR count). The van der Waals surface area contributed by atoms with E-state index in [0.29, 0.717) is 5.11 Å². The molecule has 0 radical (unpaired) electrons. The van der Waals surface area contributed by atoms with Crippen molar-refractivity contribution in [1.82, 2.24) is 5.32 Å². The zero-order chi connectivity index (χ0) is 13.5. The molecule has 0 aromatic heterocycles. The molecule has 98 valence electrons. The van der Waals surface area contributed by atoms with Crippen molar-refractivity contribution in [2.24, 2.45) is 0 Å². The highest BCUT2D eigenvalue weighted by molar-refractivity contribution is 7.98. The minimum atomic E-state index is 0.641. The number of thiocarbonyl (C=S) groups is 1. The van der Waals surface area contributed by atoms with Gasteiger partial charge in [0.1, 0.15) is 0 Å². The molecule has 0 atom stereocenters. The van der Waals surface area contributed by atoms with Gasteiger partial charge < -0.3 is 10.6 Å². The van der Waals surface area contributed by atoms with Crippen molar-refractivity contribution in [3.63, 3.8) is 0 Å². The van der Waals surface area contributed by atoms with Gasteiger partial charge in [0.25, 0.3) is 0 Å². The van der Waals surface area contributed by atoms with Gasteiger partial charge in [-0.05, 0) is 42.2 Å². The van der Waals surface area contributed by atoms with Crippen LogP contribution in [0.15, 0.2) is 59.5 Å². The van der Waals surface area contributed by atoms with E-state index >= 15 is 0 Å². The maximum atomic E-state index is 5.29. The number of anilines is 1. The molecule has 0 saturated heterocycles. The molecule has 4 heteroatoms. The highest BCUT2D eigenvalue weighted by atomic mass is 32.2. The first-order valence-electron chi connectivity index (χ1n) is 6.01. The average Bonchev–Trinajstić information content (AvgIpc) is 2.46. The van der Waals surface area contributed by atoms with Crippen LogP contribution in [0.1, 0.15) is 5.56 Å². The zero-order valence-corrected chi connectivity index (χ0v) is 12.4. The number of nitrogens with one attached hydrogen (secondary N) is 2. The van der Waals surface area contributed by atoms with Crippen molar-refractivity contribution in [3.8, 4) is 0 Å². The summed E-state index contributed by atoms with van der Waals surface area (Å²) < 4.78 is 0. The van der Waals surface area contributed by atoms with E-state index in [9.17, 15) is 0 Å². The Balaban J connectivity index is 1.87. The molecule has 2 aromatic rings. The van der Waals surface area contributed by atoms with Gasteiger partial charge in [-0.15, -0.1) is 11.8 Å². The summed E-state index contributed by atoms with van der Waals surface area (Å²) in [6.45, 7) is 0.731. The first kappa shape index (κ1) is 13.9. The molecule has 0 aliphatic heterocycles. The number of hydrogen-bond acceptors (Lipinski definition) is 2. The standard InChI is InChI=1S/C15H16N2S2/c1-19-14-9-5-8-13(10-14)17-15(18)16-11-12-6-3-2-4-7-12/h2-10H,11H2,1H3,(H2,16,17,18). The second-order valence-corrected chi connectivity index (χ2v) is 5.31. The molecule has 0 aliphatic rings. The largest absolute Gasteiger partial charge is 0.358 e. The van der Waals surface area contributed by atoms with Crippen LogP contribution < -0.4 is 10.6 Å². The van der Waals surface area contributed by atoms with Crippen molar-refractivity contribution in [3.05, 3.63) is 60.2 Å². The average molecular weight is 288 g/mol. The Kier molecular flexibility index (Phi) is 5.24. The van der Waals surface area contributed by atoms with Crippen LogP contribution in [0.25, 0.3) is 0 Å². The molecule has 19 heavy (non-hydrogen) atoms. The van der Waals surface area contributed by atoms with Crippen LogP contribution >= 0.6 is 24.0 Å². The van der Waals surface area contributed by atoms with E-state index in [1.54, 1.807) is 11.8 Å². The van der Waals surface area contributed by atoms with Gasteiger partial charge in [0.2, 0.25) is 0 Å². The lowest BCUT2D eigenvalue weighted by molar-refractivity contribution is 0.926. The predicted molar refractivity (Wildman–Crippen MR) is 87.7 cm³/mol. The quantitative estimate of drug-likeness (QED) is 0.658. The van der Waals surface area contributed by atoms with E-state index in [1.165, 1.54) is 10.5 Å². The third-order valence-electron chi connectivity index (χ3n) is 2.62. The van der Waals surface area contributed by atoms with E-state index in [4.69, 9.17) is 12.2 Å². The number of benzene rings is 2. The summed E-state index contributed by atoms with van der Waals surface area (Å²) in [6, 6.07) is 18.4. The lowest BCUT2D eigenvalue weighted by atomic mass is 10.2. The predicted octanol–water partition coefficient (Wildman–Crippen LogP) is 3.90. The first-order chi connectivity index (χ1) is 9.28. The fraction of sp³-hybridized carbons (Fsp3) is 0.133. The third kappa shape index (κ3) is 4.58. The SMILES string of the molecule is CSc1cccc(NC(=S)NCc2ccccc2)c1. The number of rotatable bonds is 4. The molecule has 0 heterocycles. The van der Waals surface area contributed by atoms with Crippen molar-refractivity contribution < 1.29 is 0 Å². The van der Waals surface area contributed by atoms with Crippen molar-refractivity contribution in [2.45, 2.75) is 11.4 Å². The Hall–Kier alpha value is -1.52. The molecule has 0 aliphatic carbocycles. The van der Waals surface area contributed by atoms with E-state index in [-0.39, 0.29) is 0 Å². The van der Waals surface area contributed by atoms with Gasteiger partial charge in [-0.25, -0.2) is 0 Å². The summed E-state index contributed by atoms with van der Waals surface area (Å²) in [5, 5.41) is 7.03. The molecule has 0 amide bonds. The van der Waals surface area contributed by atoms with Crippen LogP contribution in [-0.4, -0.2) is 11.4 Å². The summed E-state index contributed by atoms with van der Waals surface area (Å²) >= 11 is 7.00. The molecule has 0 fully saturated rings. The van der Waals surface area contributed by atoms with Crippen LogP contribution in [0.3, 0.4) is 0 Å².